The summed E-state index contributed by atoms with van der Waals surface area (Å²) in [6.07, 6.45) is 3.39. The molecular formula is C17H26ClN3O2. The molecule has 0 saturated heterocycles. The number of rotatable bonds is 3. The Morgan fingerprint density at radius 3 is 2.35 bits per heavy atom. The van der Waals surface area contributed by atoms with E-state index in [-0.39, 0.29) is 29.8 Å². The average Bonchev–Trinajstić information content (AvgIpc) is 2.85. The van der Waals surface area contributed by atoms with Crippen LogP contribution in [0.2, 0.25) is 0 Å². The number of halogens is 1. The molecule has 1 aliphatic rings. The molecule has 0 atom stereocenters. The van der Waals surface area contributed by atoms with E-state index in [2.05, 4.69) is 10.6 Å². The number of benzene rings is 1. The van der Waals surface area contributed by atoms with Gasteiger partial charge in [-0.15, -0.1) is 12.4 Å². The number of amides is 2. The second-order valence-electron chi connectivity index (χ2n) is 7.10. The van der Waals surface area contributed by atoms with Gasteiger partial charge in [0.15, 0.2) is 0 Å². The molecule has 1 aromatic rings. The van der Waals surface area contributed by atoms with Gasteiger partial charge in [-0.25, -0.2) is 0 Å². The minimum absolute atomic E-state index is 0. The van der Waals surface area contributed by atoms with E-state index in [4.69, 9.17) is 5.73 Å². The molecule has 128 valence electrons. The van der Waals surface area contributed by atoms with Crippen molar-refractivity contribution in [3.63, 3.8) is 0 Å². The van der Waals surface area contributed by atoms with E-state index in [9.17, 15) is 9.59 Å². The van der Waals surface area contributed by atoms with Crippen molar-refractivity contribution in [3.8, 4) is 0 Å². The van der Waals surface area contributed by atoms with Crippen LogP contribution >= 0.6 is 12.4 Å². The number of hydrogen-bond acceptors (Lipinski definition) is 3. The first-order valence-corrected chi connectivity index (χ1v) is 7.73. The van der Waals surface area contributed by atoms with Gasteiger partial charge in [0.2, 0.25) is 5.91 Å². The van der Waals surface area contributed by atoms with Crippen molar-refractivity contribution in [1.29, 1.82) is 0 Å². The van der Waals surface area contributed by atoms with Gasteiger partial charge in [0.05, 0.1) is 5.54 Å². The Morgan fingerprint density at radius 2 is 1.78 bits per heavy atom. The highest BCUT2D eigenvalue weighted by molar-refractivity contribution is 6.00. The summed E-state index contributed by atoms with van der Waals surface area (Å²) in [5.41, 5.74) is 6.18. The summed E-state index contributed by atoms with van der Waals surface area (Å²) >= 11 is 0. The van der Waals surface area contributed by atoms with Crippen LogP contribution in [-0.2, 0) is 4.79 Å². The summed E-state index contributed by atoms with van der Waals surface area (Å²) in [7, 11) is 0. The maximum Gasteiger partial charge on any atom is 0.251 e. The average molecular weight is 340 g/mol. The lowest BCUT2D eigenvalue weighted by atomic mass is 9.98. The van der Waals surface area contributed by atoms with Crippen molar-refractivity contribution < 1.29 is 9.59 Å². The largest absolute Gasteiger partial charge is 0.347 e. The van der Waals surface area contributed by atoms with Crippen LogP contribution in [-0.4, -0.2) is 22.9 Å². The monoisotopic (exact) mass is 339 g/mol. The fraction of sp³-hybridized carbons (Fsp3) is 0.529. The molecule has 0 radical (unpaired) electrons. The van der Waals surface area contributed by atoms with Gasteiger partial charge in [-0.1, -0.05) is 18.9 Å². The molecular weight excluding hydrogens is 314 g/mol. The van der Waals surface area contributed by atoms with Gasteiger partial charge in [0.25, 0.3) is 5.91 Å². The topological polar surface area (TPSA) is 84.2 Å². The van der Waals surface area contributed by atoms with Crippen LogP contribution in [0.1, 0.15) is 56.8 Å². The first-order valence-electron chi connectivity index (χ1n) is 7.73. The minimum atomic E-state index is -0.774. The first-order chi connectivity index (χ1) is 10.2. The maximum absolute atomic E-state index is 12.3. The van der Waals surface area contributed by atoms with Crippen molar-refractivity contribution in [2.45, 2.75) is 57.5 Å². The quantitative estimate of drug-likeness (QED) is 0.791. The van der Waals surface area contributed by atoms with Gasteiger partial charge in [0.1, 0.15) is 0 Å². The van der Waals surface area contributed by atoms with Gasteiger partial charge in [-0.3, -0.25) is 9.59 Å². The molecule has 5 nitrogen and oxygen atoms in total. The van der Waals surface area contributed by atoms with Gasteiger partial charge in [-0.2, -0.15) is 0 Å². The Bertz CT molecular complexity index is 575. The second kappa shape index (κ2) is 7.32. The third kappa shape index (κ3) is 5.22. The molecule has 6 heteroatoms. The SMILES string of the molecule is CC(C)(C)NC(=O)c1cccc(NC(=O)C2(N)CCCC2)c1.Cl. The molecule has 23 heavy (non-hydrogen) atoms. The summed E-state index contributed by atoms with van der Waals surface area (Å²) in [5.74, 6) is -0.328. The Hall–Kier alpha value is -1.59. The molecule has 0 unspecified atom stereocenters. The second-order valence-corrected chi connectivity index (χ2v) is 7.10. The number of carbonyl (C=O) groups excluding carboxylic acids is 2. The highest BCUT2D eigenvalue weighted by Gasteiger charge is 2.37. The highest BCUT2D eigenvalue weighted by Crippen LogP contribution is 2.28. The van der Waals surface area contributed by atoms with E-state index >= 15 is 0 Å². The van der Waals surface area contributed by atoms with Crippen LogP contribution in [0.25, 0.3) is 0 Å². The molecule has 1 aliphatic carbocycles. The van der Waals surface area contributed by atoms with Crippen LogP contribution in [0.15, 0.2) is 24.3 Å². The third-order valence-corrected chi connectivity index (χ3v) is 3.82. The van der Waals surface area contributed by atoms with Crippen molar-refractivity contribution in [2.75, 3.05) is 5.32 Å². The van der Waals surface area contributed by atoms with E-state index in [0.717, 1.165) is 12.8 Å². The summed E-state index contributed by atoms with van der Waals surface area (Å²) in [6.45, 7) is 5.78. The molecule has 0 heterocycles. The molecule has 0 spiro atoms. The van der Waals surface area contributed by atoms with Crippen LogP contribution in [0.4, 0.5) is 5.69 Å². The number of hydrogen-bond donors (Lipinski definition) is 3. The van der Waals surface area contributed by atoms with Gasteiger partial charge in [0, 0.05) is 16.8 Å². The van der Waals surface area contributed by atoms with Crippen molar-refractivity contribution in [1.82, 2.24) is 5.32 Å². The molecule has 1 fully saturated rings. The first kappa shape index (κ1) is 19.5. The summed E-state index contributed by atoms with van der Waals surface area (Å²) < 4.78 is 0. The molecule has 0 aromatic heterocycles. The van der Waals surface area contributed by atoms with Gasteiger partial charge in [-0.05, 0) is 51.8 Å². The third-order valence-electron chi connectivity index (χ3n) is 3.82. The molecule has 2 rings (SSSR count). The lowest BCUT2D eigenvalue weighted by Gasteiger charge is -2.23. The molecule has 4 N–H and O–H groups in total. The molecule has 1 aromatic carbocycles. The Balaban J connectivity index is 0.00000264. The van der Waals surface area contributed by atoms with E-state index in [1.165, 1.54) is 0 Å². The molecule has 2 amide bonds. The zero-order valence-electron chi connectivity index (χ0n) is 13.9. The molecule has 0 aliphatic heterocycles. The molecule has 0 bridgehead atoms. The number of carbonyl (C=O) groups is 2. The number of nitrogens with one attached hydrogen (secondary N) is 2. The predicted molar refractivity (Wildman–Crippen MR) is 94.9 cm³/mol. The zero-order chi connectivity index (χ0) is 16.4. The Morgan fingerprint density at radius 1 is 1.17 bits per heavy atom. The van der Waals surface area contributed by atoms with Crippen LogP contribution in [0.3, 0.4) is 0 Å². The number of nitrogens with two attached hydrogens (primary N) is 1. The van der Waals surface area contributed by atoms with Crippen molar-refractivity contribution in [3.05, 3.63) is 29.8 Å². The van der Waals surface area contributed by atoms with Crippen molar-refractivity contribution >= 4 is 29.9 Å². The van der Waals surface area contributed by atoms with Crippen molar-refractivity contribution in [2.24, 2.45) is 5.73 Å². The standard InChI is InChI=1S/C17H25N3O2.ClH/c1-16(2,3)20-14(21)12-7-6-8-13(11-12)19-15(22)17(18)9-4-5-10-17;/h6-8,11H,4-5,9-10,18H2,1-3H3,(H,19,22)(H,20,21);1H. The molecule has 1 saturated carbocycles. The fourth-order valence-electron chi connectivity index (χ4n) is 2.64. The van der Waals surface area contributed by atoms with Gasteiger partial charge >= 0.3 is 0 Å². The lowest BCUT2D eigenvalue weighted by molar-refractivity contribution is -0.121. The van der Waals surface area contributed by atoms with Crippen LogP contribution in [0, 0.1) is 0 Å². The minimum Gasteiger partial charge on any atom is -0.347 e. The normalized spacial score (nSPS) is 16.3. The predicted octanol–water partition coefficient (Wildman–Crippen LogP) is 2.85. The fourth-order valence-corrected chi connectivity index (χ4v) is 2.64. The lowest BCUT2D eigenvalue weighted by Crippen LogP contribution is -2.48. The number of anilines is 1. The Kier molecular flexibility index (Phi) is 6.19. The summed E-state index contributed by atoms with van der Waals surface area (Å²) in [4.78, 5) is 24.5. The highest BCUT2D eigenvalue weighted by atomic mass is 35.5. The zero-order valence-corrected chi connectivity index (χ0v) is 14.8. The van der Waals surface area contributed by atoms with Crippen LogP contribution in [0.5, 0.6) is 0 Å². The smallest absolute Gasteiger partial charge is 0.251 e. The van der Waals surface area contributed by atoms with E-state index in [0.29, 0.717) is 24.1 Å². The van der Waals surface area contributed by atoms with E-state index in [1.807, 2.05) is 20.8 Å². The van der Waals surface area contributed by atoms with Crippen LogP contribution < -0.4 is 16.4 Å². The van der Waals surface area contributed by atoms with E-state index in [1.54, 1.807) is 24.3 Å². The van der Waals surface area contributed by atoms with E-state index < -0.39 is 5.54 Å². The van der Waals surface area contributed by atoms with Gasteiger partial charge < -0.3 is 16.4 Å². The summed E-state index contributed by atoms with van der Waals surface area (Å²) in [5, 5.41) is 5.74. The maximum atomic E-state index is 12.3. The summed E-state index contributed by atoms with van der Waals surface area (Å²) in [6, 6.07) is 6.93. The Labute approximate surface area is 143 Å².